The van der Waals surface area contributed by atoms with Crippen LogP contribution < -0.4 is 5.32 Å². The first-order chi connectivity index (χ1) is 6.81. The maximum absolute atomic E-state index is 4.61. The van der Waals surface area contributed by atoms with Crippen LogP contribution in [0.25, 0.3) is 9.88 Å². The number of aryl methyl sites for hydroxylation is 1. The van der Waals surface area contributed by atoms with E-state index in [1.165, 1.54) is 15.4 Å². The fourth-order valence-corrected chi connectivity index (χ4v) is 2.99. The lowest BCUT2D eigenvalue weighted by atomic mass is 10.4. The van der Waals surface area contributed by atoms with Gasteiger partial charge in [0.1, 0.15) is 5.01 Å². The zero-order valence-electron chi connectivity index (χ0n) is 8.20. The second kappa shape index (κ2) is 4.21. The van der Waals surface area contributed by atoms with E-state index in [0.29, 0.717) is 0 Å². The molecule has 4 heteroatoms. The molecule has 2 rings (SSSR count). The predicted octanol–water partition coefficient (Wildman–Crippen LogP) is 2.90. The van der Waals surface area contributed by atoms with E-state index in [9.17, 15) is 0 Å². The SMILES string of the molecule is CNCc1nc(-c2cccs2)sc1C. The van der Waals surface area contributed by atoms with Gasteiger partial charge in [-0.25, -0.2) is 4.98 Å². The molecule has 0 radical (unpaired) electrons. The second-order valence-electron chi connectivity index (χ2n) is 3.03. The number of thiazole rings is 1. The number of nitrogens with one attached hydrogen (secondary N) is 1. The topological polar surface area (TPSA) is 24.9 Å². The van der Waals surface area contributed by atoms with Crippen LogP contribution in [0.1, 0.15) is 10.6 Å². The normalized spacial score (nSPS) is 10.7. The third-order valence-electron chi connectivity index (χ3n) is 1.97. The van der Waals surface area contributed by atoms with Crippen LogP contribution in [0.15, 0.2) is 17.5 Å². The highest BCUT2D eigenvalue weighted by Crippen LogP contribution is 2.30. The summed E-state index contributed by atoms with van der Waals surface area (Å²) in [5.41, 5.74) is 1.17. The van der Waals surface area contributed by atoms with Crippen molar-refractivity contribution in [1.29, 1.82) is 0 Å². The van der Waals surface area contributed by atoms with Gasteiger partial charge in [-0.2, -0.15) is 0 Å². The van der Waals surface area contributed by atoms with E-state index in [2.05, 4.69) is 34.7 Å². The molecule has 0 amide bonds. The first kappa shape index (κ1) is 9.83. The quantitative estimate of drug-likeness (QED) is 0.867. The van der Waals surface area contributed by atoms with E-state index < -0.39 is 0 Å². The molecular formula is C10H12N2S2. The van der Waals surface area contributed by atoms with Crippen LogP contribution in [0.4, 0.5) is 0 Å². The van der Waals surface area contributed by atoms with Crippen molar-refractivity contribution in [2.45, 2.75) is 13.5 Å². The number of aromatic nitrogens is 1. The Bertz CT molecular complexity index is 404. The standard InChI is InChI=1S/C10H12N2S2/c1-7-8(6-11-2)12-10(14-7)9-4-3-5-13-9/h3-5,11H,6H2,1-2H3. The lowest BCUT2D eigenvalue weighted by Crippen LogP contribution is -2.06. The first-order valence-corrected chi connectivity index (χ1v) is 6.15. The average molecular weight is 224 g/mol. The summed E-state index contributed by atoms with van der Waals surface area (Å²) < 4.78 is 0. The monoisotopic (exact) mass is 224 g/mol. The molecule has 2 heterocycles. The van der Waals surface area contributed by atoms with Crippen LogP contribution in [0, 0.1) is 6.92 Å². The molecule has 0 spiro atoms. The molecule has 2 aromatic heterocycles. The summed E-state index contributed by atoms with van der Waals surface area (Å²) in [7, 11) is 1.95. The number of nitrogens with zero attached hydrogens (tertiary/aromatic N) is 1. The van der Waals surface area contributed by atoms with Gasteiger partial charge in [0, 0.05) is 11.4 Å². The Hall–Kier alpha value is -0.710. The van der Waals surface area contributed by atoms with Crippen molar-refractivity contribution in [3.63, 3.8) is 0 Å². The van der Waals surface area contributed by atoms with Gasteiger partial charge in [-0.3, -0.25) is 0 Å². The Kier molecular flexibility index (Phi) is 2.96. The molecule has 1 N–H and O–H groups in total. The molecule has 0 aromatic carbocycles. The van der Waals surface area contributed by atoms with Gasteiger partial charge < -0.3 is 5.32 Å². The molecule has 0 unspecified atom stereocenters. The number of hydrogen-bond donors (Lipinski definition) is 1. The summed E-state index contributed by atoms with van der Waals surface area (Å²) in [6, 6.07) is 4.18. The molecule has 0 aliphatic carbocycles. The Morgan fingerprint density at radius 3 is 3.00 bits per heavy atom. The minimum absolute atomic E-state index is 0.855. The largest absolute Gasteiger partial charge is 0.314 e. The van der Waals surface area contributed by atoms with Gasteiger partial charge in [-0.1, -0.05) is 6.07 Å². The van der Waals surface area contributed by atoms with Crippen molar-refractivity contribution in [2.75, 3.05) is 7.05 Å². The Balaban J connectivity index is 2.33. The molecule has 74 valence electrons. The molecule has 2 aromatic rings. The Labute approximate surface area is 91.6 Å². The number of rotatable bonds is 3. The van der Waals surface area contributed by atoms with Crippen molar-refractivity contribution in [3.8, 4) is 9.88 Å². The van der Waals surface area contributed by atoms with Gasteiger partial charge in [-0.15, -0.1) is 22.7 Å². The van der Waals surface area contributed by atoms with Gasteiger partial charge >= 0.3 is 0 Å². The molecule has 0 aliphatic rings. The minimum Gasteiger partial charge on any atom is -0.314 e. The summed E-state index contributed by atoms with van der Waals surface area (Å²) in [6.45, 7) is 2.98. The molecule has 0 atom stereocenters. The molecule has 0 aliphatic heterocycles. The molecule has 0 fully saturated rings. The predicted molar refractivity (Wildman–Crippen MR) is 62.9 cm³/mol. The van der Waals surface area contributed by atoms with E-state index in [1.54, 1.807) is 22.7 Å². The fraction of sp³-hybridized carbons (Fsp3) is 0.300. The Morgan fingerprint density at radius 2 is 2.36 bits per heavy atom. The summed E-state index contributed by atoms with van der Waals surface area (Å²) in [5.74, 6) is 0. The zero-order chi connectivity index (χ0) is 9.97. The fourth-order valence-electron chi connectivity index (χ4n) is 1.27. The summed E-state index contributed by atoms with van der Waals surface area (Å²) in [4.78, 5) is 7.18. The van der Waals surface area contributed by atoms with E-state index in [4.69, 9.17) is 0 Å². The van der Waals surface area contributed by atoms with Crippen LogP contribution in [0.3, 0.4) is 0 Å². The van der Waals surface area contributed by atoms with E-state index in [1.807, 2.05) is 7.05 Å². The second-order valence-corrected chi connectivity index (χ2v) is 5.18. The van der Waals surface area contributed by atoms with Crippen molar-refractivity contribution in [3.05, 3.63) is 28.1 Å². The van der Waals surface area contributed by atoms with Crippen LogP contribution in [0.5, 0.6) is 0 Å². The van der Waals surface area contributed by atoms with Crippen LogP contribution >= 0.6 is 22.7 Å². The van der Waals surface area contributed by atoms with Gasteiger partial charge in [0.05, 0.1) is 10.6 Å². The summed E-state index contributed by atoms with van der Waals surface area (Å²) >= 11 is 3.51. The highest BCUT2D eigenvalue weighted by Gasteiger charge is 2.08. The van der Waals surface area contributed by atoms with Gasteiger partial charge in [0.2, 0.25) is 0 Å². The van der Waals surface area contributed by atoms with Gasteiger partial charge in [-0.05, 0) is 25.4 Å². The first-order valence-electron chi connectivity index (χ1n) is 4.46. The van der Waals surface area contributed by atoms with Gasteiger partial charge in [0.25, 0.3) is 0 Å². The molecule has 2 nitrogen and oxygen atoms in total. The van der Waals surface area contributed by atoms with E-state index in [-0.39, 0.29) is 0 Å². The molecule has 0 saturated carbocycles. The molecule has 0 bridgehead atoms. The van der Waals surface area contributed by atoms with Crippen molar-refractivity contribution >= 4 is 22.7 Å². The van der Waals surface area contributed by atoms with Gasteiger partial charge in [0.15, 0.2) is 0 Å². The van der Waals surface area contributed by atoms with Crippen LogP contribution in [-0.2, 0) is 6.54 Å². The lowest BCUT2D eigenvalue weighted by molar-refractivity contribution is 0.793. The average Bonchev–Trinajstić information content (AvgIpc) is 2.76. The van der Waals surface area contributed by atoms with Crippen molar-refractivity contribution in [1.82, 2.24) is 10.3 Å². The Morgan fingerprint density at radius 1 is 1.50 bits per heavy atom. The minimum atomic E-state index is 0.855. The van der Waals surface area contributed by atoms with Crippen molar-refractivity contribution < 1.29 is 0 Å². The zero-order valence-corrected chi connectivity index (χ0v) is 9.84. The molecular weight excluding hydrogens is 212 g/mol. The summed E-state index contributed by atoms with van der Waals surface area (Å²) in [6.07, 6.45) is 0. The lowest BCUT2D eigenvalue weighted by Gasteiger charge is -1.93. The van der Waals surface area contributed by atoms with E-state index in [0.717, 1.165) is 11.6 Å². The number of thiophene rings is 1. The van der Waals surface area contributed by atoms with Crippen LogP contribution in [-0.4, -0.2) is 12.0 Å². The molecule has 14 heavy (non-hydrogen) atoms. The van der Waals surface area contributed by atoms with E-state index >= 15 is 0 Å². The maximum atomic E-state index is 4.61. The highest BCUT2D eigenvalue weighted by atomic mass is 32.1. The third kappa shape index (κ3) is 1.87. The third-order valence-corrected chi connectivity index (χ3v) is 4.02. The molecule has 0 saturated heterocycles. The smallest absolute Gasteiger partial charge is 0.133 e. The maximum Gasteiger partial charge on any atom is 0.133 e. The highest BCUT2D eigenvalue weighted by molar-refractivity contribution is 7.21. The van der Waals surface area contributed by atoms with Crippen molar-refractivity contribution in [2.24, 2.45) is 0 Å². The summed E-state index contributed by atoms with van der Waals surface area (Å²) in [5, 5.41) is 6.36. The van der Waals surface area contributed by atoms with Crippen LogP contribution in [0.2, 0.25) is 0 Å². The number of hydrogen-bond acceptors (Lipinski definition) is 4.